The van der Waals surface area contributed by atoms with Crippen LogP contribution in [-0.4, -0.2) is 16.6 Å². The maximum atomic E-state index is 9.50. The fraction of sp³-hybridized carbons (Fsp3) is 0.308. The highest BCUT2D eigenvalue weighted by molar-refractivity contribution is 7.13. The first-order chi connectivity index (χ1) is 8.25. The van der Waals surface area contributed by atoms with Crippen molar-refractivity contribution >= 4 is 22.2 Å². The first-order valence-corrected chi connectivity index (χ1v) is 6.62. The molecule has 1 unspecified atom stereocenters. The Balaban J connectivity index is 1.95. The molecular weight excluding hydrogens is 232 g/mol. The summed E-state index contributed by atoms with van der Waals surface area (Å²) >= 11 is 1.59. The van der Waals surface area contributed by atoms with Gasteiger partial charge in [-0.15, -0.1) is 11.3 Å². The van der Waals surface area contributed by atoms with E-state index in [0.717, 1.165) is 23.8 Å². The number of hydrogen-bond acceptors (Lipinski definition) is 4. The van der Waals surface area contributed by atoms with Gasteiger partial charge in [-0.1, -0.05) is 18.2 Å². The number of fused-ring (bicyclic) bond motifs is 1. The van der Waals surface area contributed by atoms with Crippen LogP contribution in [0.1, 0.15) is 24.3 Å². The molecule has 3 rings (SSSR count). The van der Waals surface area contributed by atoms with Gasteiger partial charge in [-0.3, -0.25) is 0 Å². The number of aliphatic hydroxyl groups is 1. The van der Waals surface area contributed by atoms with Crippen LogP contribution in [0.4, 0.5) is 10.8 Å². The SMILES string of the molecule is CC(O)c1csc(N2CCc3ccccc32)n1. The molecule has 1 aliphatic heterocycles. The quantitative estimate of drug-likeness (QED) is 0.885. The number of aromatic nitrogens is 1. The van der Waals surface area contributed by atoms with E-state index in [1.165, 1.54) is 11.3 Å². The van der Waals surface area contributed by atoms with E-state index in [1.54, 1.807) is 18.3 Å². The van der Waals surface area contributed by atoms with Gasteiger partial charge in [-0.2, -0.15) is 0 Å². The minimum Gasteiger partial charge on any atom is -0.387 e. The molecule has 0 aliphatic carbocycles. The summed E-state index contributed by atoms with van der Waals surface area (Å²) in [6.07, 6.45) is 0.581. The van der Waals surface area contributed by atoms with Gasteiger partial charge in [0.1, 0.15) is 0 Å². The standard InChI is InChI=1S/C13H14N2OS/c1-9(16)11-8-17-13(14-11)15-7-6-10-4-2-3-5-12(10)15/h2-5,8-9,16H,6-7H2,1H3. The van der Waals surface area contributed by atoms with Gasteiger partial charge < -0.3 is 10.0 Å². The van der Waals surface area contributed by atoms with E-state index in [1.807, 2.05) is 5.38 Å². The fourth-order valence-electron chi connectivity index (χ4n) is 2.13. The van der Waals surface area contributed by atoms with Gasteiger partial charge in [0, 0.05) is 17.6 Å². The Bertz CT molecular complexity index is 536. The van der Waals surface area contributed by atoms with Crippen LogP contribution < -0.4 is 4.90 Å². The lowest BCUT2D eigenvalue weighted by molar-refractivity contribution is 0.195. The molecule has 0 saturated carbocycles. The minimum absolute atomic E-state index is 0.488. The van der Waals surface area contributed by atoms with Crippen LogP contribution in [0.2, 0.25) is 0 Å². The number of benzene rings is 1. The number of para-hydroxylation sites is 1. The fourth-order valence-corrected chi connectivity index (χ4v) is 3.08. The molecule has 0 spiro atoms. The zero-order valence-corrected chi connectivity index (χ0v) is 10.4. The van der Waals surface area contributed by atoms with Crippen molar-refractivity contribution in [1.82, 2.24) is 4.98 Å². The summed E-state index contributed by atoms with van der Waals surface area (Å²) < 4.78 is 0. The van der Waals surface area contributed by atoms with Gasteiger partial charge in [-0.05, 0) is 25.0 Å². The summed E-state index contributed by atoms with van der Waals surface area (Å²) in [6, 6.07) is 8.43. The number of thiazole rings is 1. The third-order valence-electron chi connectivity index (χ3n) is 3.06. The molecule has 1 atom stereocenters. The lowest BCUT2D eigenvalue weighted by Gasteiger charge is -2.15. The van der Waals surface area contributed by atoms with Crippen LogP contribution in [0.25, 0.3) is 0 Å². The van der Waals surface area contributed by atoms with Crippen molar-refractivity contribution < 1.29 is 5.11 Å². The Morgan fingerprint density at radius 2 is 2.24 bits per heavy atom. The highest BCUT2D eigenvalue weighted by Gasteiger charge is 2.22. The molecule has 0 saturated heterocycles. The largest absolute Gasteiger partial charge is 0.387 e. The average molecular weight is 246 g/mol. The Labute approximate surface area is 104 Å². The predicted molar refractivity (Wildman–Crippen MR) is 69.9 cm³/mol. The molecule has 3 nitrogen and oxygen atoms in total. The van der Waals surface area contributed by atoms with Crippen LogP contribution >= 0.6 is 11.3 Å². The molecule has 1 N–H and O–H groups in total. The monoisotopic (exact) mass is 246 g/mol. The van der Waals surface area contributed by atoms with E-state index in [0.29, 0.717) is 0 Å². The Hall–Kier alpha value is -1.39. The second-order valence-electron chi connectivity index (χ2n) is 4.26. The lowest BCUT2D eigenvalue weighted by atomic mass is 10.2. The van der Waals surface area contributed by atoms with Gasteiger partial charge in [0.2, 0.25) is 0 Å². The number of rotatable bonds is 2. The summed E-state index contributed by atoms with van der Waals surface area (Å²) in [5.41, 5.74) is 3.38. The summed E-state index contributed by atoms with van der Waals surface area (Å²) in [4.78, 5) is 6.71. The molecule has 1 aromatic carbocycles. The summed E-state index contributed by atoms with van der Waals surface area (Å²) in [5.74, 6) is 0. The molecule has 1 aliphatic rings. The van der Waals surface area contributed by atoms with E-state index in [4.69, 9.17) is 0 Å². The zero-order valence-electron chi connectivity index (χ0n) is 9.63. The first kappa shape index (κ1) is 10.7. The normalized spacial score (nSPS) is 16.0. The second kappa shape index (κ2) is 4.13. The Morgan fingerprint density at radius 3 is 3.00 bits per heavy atom. The lowest BCUT2D eigenvalue weighted by Crippen LogP contribution is -2.13. The maximum absolute atomic E-state index is 9.50. The van der Waals surface area contributed by atoms with Crippen molar-refractivity contribution in [3.8, 4) is 0 Å². The Kier molecular flexibility index (Phi) is 2.61. The topological polar surface area (TPSA) is 36.4 Å². The number of aliphatic hydroxyl groups excluding tert-OH is 1. The predicted octanol–water partition coefficient (Wildman–Crippen LogP) is 2.89. The van der Waals surface area contributed by atoms with Crippen LogP contribution in [0.3, 0.4) is 0 Å². The van der Waals surface area contributed by atoms with E-state index in [9.17, 15) is 5.11 Å². The van der Waals surface area contributed by atoms with Crippen molar-refractivity contribution in [2.45, 2.75) is 19.4 Å². The highest BCUT2D eigenvalue weighted by atomic mass is 32.1. The molecule has 88 valence electrons. The molecule has 0 amide bonds. The molecular formula is C13H14N2OS. The first-order valence-electron chi connectivity index (χ1n) is 5.74. The van der Waals surface area contributed by atoms with Gasteiger partial charge >= 0.3 is 0 Å². The number of nitrogens with zero attached hydrogens (tertiary/aromatic N) is 2. The summed E-state index contributed by atoms with van der Waals surface area (Å²) in [7, 11) is 0. The molecule has 1 aromatic heterocycles. The van der Waals surface area contributed by atoms with Gasteiger partial charge in [0.25, 0.3) is 0 Å². The van der Waals surface area contributed by atoms with E-state index in [2.05, 4.69) is 34.1 Å². The highest BCUT2D eigenvalue weighted by Crippen LogP contribution is 2.36. The van der Waals surface area contributed by atoms with E-state index >= 15 is 0 Å². The third kappa shape index (κ3) is 1.83. The van der Waals surface area contributed by atoms with E-state index < -0.39 is 6.10 Å². The maximum Gasteiger partial charge on any atom is 0.190 e. The molecule has 2 aromatic rings. The summed E-state index contributed by atoms with van der Waals surface area (Å²) in [5, 5.41) is 12.4. The Morgan fingerprint density at radius 1 is 1.41 bits per heavy atom. The zero-order chi connectivity index (χ0) is 11.8. The van der Waals surface area contributed by atoms with Crippen molar-refractivity contribution in [2.24, 2.45) is 0 Å². The van der Waals surface area contributed by atoms with E-state index in [-0.39, 0.29) is 0 Å². The van der Waals surface area contributed by atoms with Gasteiger partial charge in [0.15, 0.2) is 5.13 Å². The van der Waals surface area contributed by atoms with Crippen LogP contribution in [0.5, 0.6) is 0 Å². The van der Waals surface area contributed by atoms with Crippen molar-refractivity contribution in [1.29, 1.82) is 0 Å². The molecule has 0 fully saturated rings. The third-order valence-corrected chi connectivity index (χ3v) is 3.94. The molecule has 4 heteroatoms. The van der Waals surface area contributed by atoms with Crippen LogP contribution in [-0.2, 0) is 6.42 Å². The second-order valence-corrected chi connectivity index (χ2v) is 5.10. The van der Waals surface area contributed by atoms with Crippen molar-refractivity contribution in [2.75, 3.05) is 11.4 Å². The molecule has 17 heavy (non-hydrogen) atoms. The minimum atomic E-state index is -0.488. The van der Waals surface area contributed by atoms with Crippen LogP contribution in [0, 0.1) is 0 Å². The van der Waals surface area contributed by atoms with Crippen molar-refractivity contribution in [3.05, 3.63) is 40.9 Å². The van der Waals surface area contributed by atoms with Gasteiger partial charge in [0.05, 0.1) is 11.8 Å². The smallest absolute Gasteiger partial charge is 0.190 e. The van der Waals surface area contributed by atoms with Crippen molar-refractivity contribution in [3.63, 3.8) is 0 Å². The summed E-state index contributed by atoms with van der Waals surface area (Å²) in [6.45, 7) is 2.73. The van der Waals surface area contributed by atoms with Crippen LogP contribution in [0.15, 0.2) is 29.6 Å². The number of hydrogen-bond donors (Lipinski definition) is 1. The average Bonchev–Trinajstić information content (AvgIpc) is 2.95. The molecule has 2 heterocycles. The van der Waals surface area contributed by atoms with Gasteiger partial charge in [-0.25, -0.2) is 4.98 Å². The molecule has 0 bridgehead atoms. The number of anilines is 2. The molecule has 0 radical (unpaired) electrons.